The summed E-state index contributed by atoms with van der Waals surface area (Å²) in [7, 11) is 1.51. The van der Waals surface area contributed by atoms with E-state index in [2.05, 4.69) is 26.3 Å². The van der Waals surface area contributed by atoms with E-state index >= 15 is 0 Å². The molecule has 8 nitrogen and oxygen atoms in total. The number of aromatic nitrogens is 4. The first-order valence-electron chi connectivity index (χ1n) is 9.14. The quantitative estimate of drug-likeness (QED) is 0.508. The third-order valence-electron chi connectivity index (χ3n) is 4.69. The summed E-state index contributed by atoms with van der Waals surface area (Å²) in [6.07, 6.45) is 3.06. The molecule has 0 saturated heterocycles. The Bertz CT molecular complexity index is 1260. The van der Waals surface area contributed by atoms with Gasteiger partial charge in [-0.05, 0) is 30.3 Å². The van der Waals surface area contributed by atoms with Gasteiger partial charge in [0.1, 0.15) is 41.3 Å². The molecule has 0 aliphatic heterocycles. The number of halogens is 1. The average molecular weight is 403 g/mol. The summed E-state index contributed by atoms with van der Waals surface area (Å²) < 4.78 is 21.4. The van der Waals surface area contributed by atoms with Crippen molar-refractivity contribution in [1.82, 2.24) is 19.5 Å². The van der Waals surface area contributed by atoms with Gasteiger partial charge in [-0.1, -0.05) is 0 Å². The Morgan fingerprint density at radius 2 is 2.07 bits per heavy atom. The van der Waals surface area contributed by atoms with Crippen molar-refractivity contribution < 1.29 is 9.13 Å². The second kappa shape index (κ2) is 8.05. The third kappa shape index (κ3) is 3.58. The molecular formula is C21H18FN7O. The molecule has 30 heavy (non-hydrogen) atoms. The van der Waals surface area contributed by atoms with Crippen LogP contribution in [0, 0.1) is 17.1 Å². The van der Waals surface area contributed by atoms with Crippen molar-refractivity contribution >= 4 is 22.5 Å². The van der Waals surface area contributed by atoms with Crippen molar-refractivity contribution in [3.05, 3.63) is 60.4 Å². The SMILES string of the molecule is COc1ccc(F)c2c1cc(C#N)n2CCNc1cc(-c2ccnc(N)c2)ncn1. The molecule has 3 N–H and O–H groups in total. The number of hydrogen-bond acceptors (Lipinski definition) is 7. The highest BCUT2D eigenvalue weighted by atomic mass is 19.1. The number of nitriles is 1. The summed E-state index contributed by atoms with van der Waals surface area (Å²) >= 11 is 0. The molecule has 0 aliphatic rings. The van der Waals surface area contributed by atoms with Crippen LogP contribution in [0.1, 0.15) is 5.69 Å². The summed E-state index contributed by atoms with van der Waals surface area (Å²) in [4.78, 5) is 12.5. The zero-order valence-electron chi connectivity index (χ0n) is 16.1. The summed E-state index contributed by atoms with van der Waals surface area (Å²) in [6.45, 7) is 0.780. The van der Waals surface area contributed by atoms with Crippen LogP contribution in [0.3, 0.4) is 0 Å². The molecule has 4 rings (SSSR count). The number of hydrogen-bond donors (Lipinski definition) is 2. The second-order valence-corrected chi connectivity index (χ2v) is 6.49. The molecule has 0 saturated carbocycles. The highest BCUT2D eigenvalue weighted by Crippen LogP contribution is 2.31. The van der Waals surface area contributed by atoms with Crippen LogP contribution in [-0.2, 0) is 6.54 Å². The molecule has 4 aromatic rings. The minimum Gasteiger partial charge on any atom is -0.496 e. The number of fused-ring (bicyclic) bond motifs is 1. The summed E-state index contributed by atoms with van der Waals surface area (Å²) in [5.41, 5.74) is 7.94. The van der Waals surface area contributed by atoms with Crippen molar-refractivity contribution in [2.24, 2.45) is 0 Å². The van der Waals surface area contributed by atoms with Crippen LogP contribution in [0.25, 0.3) is 22.2 Å². The van der Waals surface area contributed by atoms with E-state index in [-0.39, 0.29) is 0 Å². The largest absolute Gasteiger partial charge is 0.496 e. The zero-order valence-corrected chi connectivity index (χ0v) is 16.1. The van der Waals surface area contributed by atoms with Gasteiger partial charge < -0.3 is 20.4 Å². The van der Waals surface area contributed by atoms with Crippen LogP contribution in [0.5, 0.6) is 5.75 Å². The van der Waals surface area contributed by atoms with Crippen molar-refractivity contribution in [1.29, 1.82) is 5.26 Å². The van der Waals surface area contributed by atoms with Gasteiger partial charge in [-0.2, -0.15) is 5.26 Å². The number of benzene rings is 1. The molecule has 0 unspecified atom stereocenters. The van der Waals surface area contributed by atoms with Gasteiger partial charge in [-0.3, -0.25) is 0 Å². The Morgan fingerprint density at radius 3 is 2.83 bits per heavy atom. The molecule has 0 radical (unpaired) electrons. The van der Waals surface area contributed by atoms with Gasteiger partial charge in [0.05, 0.1) is 18.3 Å². The molecule has 0 bridgehead atoms. The maximum absolute atomic E-state index is 14.5. The first kappa shape index (κ1) is 19.1. The normalized spacial score (nSPS) is 10.7. The van der Waals surface area contributed by atoms with E-state index in [1.165, 1.54) is 19.5 Å². The van der Waals surface area contributed by atoms with Gasteiger partial charge in [0.2, 0.25) is 0 Å². The van der Waals surface area contributed by atoms with E-state index in [0.717, 1.165) is 5.56 Å². The van der Waals surface area contributed by atoms with Crippen LogP contribution >= 0.6 is 0 Å². The fourth-order valence-corrected chi connectivity index (χ4v) is 3.33. The second-order valence-electron chi connectivity index (χ2n) is 6.49. The number of pyridine rings is 1. The number of rotatable bonds is 6. The molecule has 0 spiro atoms. The highest BCUT2D eigenvalue weighted by molar-refractivity contribution is 5.88. The van der Waals surface area contributed by atoms with Gasteiger partial charge >= 0.3 is 0 Å². The summed E-state index contributed by atoms with van der Waals surface area (Å²) in [5, 5.41) is 13.2. The van der Waals surface area contributed by atoms with Gasteiger partial charge in [-0.25, -0.2) is 19.3 Å². The molecule has 0 atom stereocenters. The Kier molecular flexibility index (Phi) is 5.13. The predicted octanol–water partition coefficient (Wildman–Crippen LogP) is 3.21. The van der Waals surface area contributed by atoms with E-state index in [1.54, 1.807) is 35.0 Å². The molecule has 150 valence electrons. The lowest BCUT2D eigenvalue weighted by Gasteiger charge is -2.11. The Morgan fingerprint density at radius 1 is 1.20 bits per heavy atom. The van der Waals surface area contributed by atoms with Crippen LogP contribution < -0.4 is 15.8 Å². The minimum absolute atomic E-state index is 0.336. The highest BCUT2D eigenvalue weighted by Gasteiger charge is 2.16. The van der Waals surface area contributed by atoms with Gasteiger partial charge in [0.25, 0.3) is 0 Å². The van der Waals surface area contributed by atoms with E-state index in [0.29, 0.717) is 52.8 Å². The molecule has 1 aromatic carbocycles. The average Bonchev–Trinajstić information content (AvgIpc) is 3.14. The van der Waals surface area contributed by atoms with E-state index < -0.39 is 5.82 Å². The molecule has 3 heterocycles. The lowest BCUT2D eigenvalue weighted by Crippen LogP contribution is -2.13. The minimum atomic E-state index is -0.410. The van der Waals surface area contributed by atoms with Crippen LogP contribution in [0.4, 0.5) is 16.0 Å². The molecule has 0 fully saturated rings. The lowest BCUT2D eigenvalue weighted by molar-refractivity contribution is 0.419. The Hall–Kier alpha value is -4.19. The first-order chi connectivity index (χ1) is 14.6. The monoisotopic (exact) mass is 403 g/mol. The maximum atomic E-state index is 14.5. The summed E-state index contributed by atoms with van der Waals surface area (Å²) in [6, 6.07) is 12.0. The standard InChI is InChI=1S/C21H18FN7O/c1-30-18-3-2-16(22)21-15(18)9-14(11-23)29(21)7-6-26-20-10-17(27-12-28-20)13-4-5-25-19(24)8-13/h2-5,8-10,12H,6-7H2,1H3,(H2,24,25)(H,26,27,28). The van der Waals surface area contributed by atoms with Crippen LogP contribution in [0.2, 0.25) is 0 Å². The molecule has 0 aliphatic carbocycles. The summed E-state index contributed by atoms with van der Waals surface area (Å²) in [5.74, 6) is 1.11. The van der Waals surface area contributed by atoms with Crippen molar-refractivity contribution in [3.63, 3.8) is 0 Å². The number of nitrogen functional groups attached to an aromatic ring is 1. The van der Waals surface area contributed by atoms with Gasteiger partial charge in [0.15, 0.2) is 0 Å². The lowest BCUT2D eigenvalue weighted by atomic mass is 10.2. The molecule has 9 heteroatoms. The number of nitrogens with two attached hydrogens (primary N) is 1. The van der Waals surface area contributed by atoms with Gasteiger partial charge in [-0.15, -0.1) is 0 Å². The van der Waals surface area contributed by atoms with Crippen molar-refractivity contribution in [3.8, 4) is 23.1 Å². The van der Waals surface area contributed by atoms with Crippen LogP contribution in [0.15, 0.2) is 48.9 Å². The van der Waals surface area contributed by atoms with E-state index in [4.69, 9.17) is 10.5 Å². The number of methoxy groups -OCH3 is 1. The Balaban J connectivity index is 1.56. The fraction of sp³-hybridized carbons (Fsp3) is 0.143. The number of nitrogens with zero attached hydrogens (tertiary/aromatic N) is 5. The number of anilines is 2. The van der Waals surface area contributed by atoms with E-state index in [9.17, 15) is 9.65 Å². The molecular weight excluding hydrogens is 385 g/mol. The first-order valence-corrected chi connectivity index (χ1v) is 9.14. The van der Waals surface area contributed by atoms with Crippen LogP contribution in [-0.4, -0.2) is 33.2 Å². The number of nitrogens with one attached hydrogen (secondary N) is 1. The fourth-order valence-electron chi connectivity index (χ4n) is 3.33. The smallest absolute Gasteiger partial charge is 0.147 e. The Labute approximate surface area is 171 Å². The van der Waals surface area contributed by atoms with E-state index in [1.807, 2.05) is 6.07 Å². The zero-order chi connectivity index (χ0) is 21.1. The third-order valence-corrected chi connectivity index (χ3v) is 4.69. The maximum Gasteiger partial charge on any atom is 0.147 e. The van der Waals surface area contributed by atoms with Crippen molar-refractivity contribution in [2.45, 2.75) is 6.54 Å². The van der Waals surface area contributed by atoms with Gasteiger partial charge in [0, 0.05) is 36.3 Å². The van der Waals surface area contributed by atoms with Crippen molar-refractivity contribution in [2.75, 3.05) is 24.7 Å². The predicted molar refractivity (Wildman–Crippen MR) is 111 cm³/mol. The molecule has 3 aromatic heterocycles. The molecule has 0 amide bonds. The number of ether oxygens (including phenoxy) is 1. The topological polar surface area (TPSA) is 115 Å².